The first-order valence-electron chi connectivity index (χ1n) is 3.66. The van der Waals surface area contributed by atoms with Gasteiger partial charge in [0.1, 0.15) is 0 Å². The molecule has 0 atom stereocenters. The number of aldehydes is 1. The molecule has 3 heteroatoms. The summed E-state index contributed by atoms with van der Waals surface area (Å²) in [6, 6.07) is 5.36. The Labute approximate surface area is 81.1 Å². The summed E-state index contributed by atoms with van der Waals surface area (Å²) in [5.41, 5.74) is 0.675. The molecule has 1 nitrogen and oxygen atoms in total. The summed E-state index contributed by atoms with van der Waals surface area (Å²) in [4.78, 5) is 11.5. The predicted molar refractivity (Wildman–Crippen MR) is 53.2 cm³/mol. The zero-order valence-corrected chi connectivity index (χ0v) is 8.28. The molecule has 0 saturated heterocycles. The topological polar surface area (TPSA) is 17.1 Å². The highest BCUT2D eigenvalue weighted by Gasteiger charge is 2.04. The highest BCUT2D eigenvalue weighted by molar-refractivity contribution is 7.99. The smallest absolute Gasteiger partial charge is 0.151 e. The van der Waals surface area contributed by atoms with Gasteiger partial charge in [-0.05, 0) is 11.8 Å². The first-order valence-corrected chi connectivity index (χ1v) is 5.02. The van der Waals surface area contributed by atoms with E-state index in [1.807, 2.05) is 6.92 Å². The molecule has 0 spiro atoms. The van der Waals surface area contributed by atoms with Crippen molar-refractivity contribution < 1.29 is 4.79 Å². The molecule has 0 aliphatic rings. The molecular formula is C9H9ClOS. The van der Waals surface area contributed by atoms with Crippen molar-refractivity contribution in [3.05, 3.63) is 28.8 Å². The minimum atomic E-state index is 0.659. The Morgan fingerprint density at radius 1 is 1.58 bits per heavy atom. The molecule has 0 N–H and O–H groups in total. The molecule has 0 fully saturated rings. The predicted octanol–water partition coefficient (Wildman–Crippen LogP) is 3.26. The van der Waals surface area contributed by atoms with Crippen LogP contribution in [0.4, 0.5) is 0 Å². The summed E-state index contributed by atoms with van der Waals surface area (Å²) >= 11 is 7.50. The quantitative estimate of drug-likeness (QED) is 0.550. The number of carbonyl (C=O) groups excluding carboxylic acids is 1. The van der Waals surface area contributed by atoms with E-state index in [1.54, 1.807) is 30.0 Å². The van der Waals surface area contributed by atoms with Crippen molar-refractivity contribution in [2.24, 2.45) is 0 Å². The monoisotopic (exact) mass is 200 g/mol. The standard InChI is InChI=1S/C9H9ClOS/c1-2-12-9-7(6-11)4-3-5-8(9)10/h3-6H,2H2,1H3. The molecule has 1 aromatic carbocycles. The molecular weight excluding hydrogens is 192 g/mol. The average Bonchev–Trinajstić information content (AvgIpc) is 2.09. The van der Waals surface area contributed by atoms with Gasteiger partial charge in [0.15, 0.2) is 6.29 Å². The van der Waals surface area contributed by atoms with E-state index in [9.17, 15) is 4.79 Å². The van der Waals surface area contributed by atoms with Crippen LogP contribution in [0.5, 0.6) is 0 Å². The lowest BCUT2D eigenvalue weighted by Crippen LogP contribution is -1.85. The van der Waals surface area contributed by atoms with E-state index >= 15 is 0 Å². The summed E-state index contributed by atoms with van der Waals surface area (Å²) in [6.45, 7) is 2.03. The van der Waals surface area contributed by atoms with Gasteiger partial charge in [0.2, 0.25) is 0 Å². The van der Waals surface area contributed by atoms with Crippen molar-refractivity contribution >= 4 is 29.6 Å². The number of rotatable bonds is 3. The Balaban J connectivity index is 3.10. The normalized spacial score (nSPS) is 9.83. The van der Waals surface area contributed by atoms with Crippen molar-refractivity contribution in [2.75, 3.05) is 5.75 Å². The van der Waals surface area contributed by atoms with Crippen molar-refractivity contribution in [3.63, 3.8) is 0 Å². The number of carbonyl (C=O) groups is 1. The molecule has 1 rings (SSSR count). The molecule has 0 radical (unpaired) electrons. The fraction of sp³-hybridized carbons (Fsp3) is 0.222. The van der Waals surface area contributed by atoms with Gasteiger partial charge in [-0.25, -0.2) is 0 Å². The van der Waals surface area contributed by atoms with Crippen LogP contribution in [0.25, 0.3) is 0 Å². The molecule has 0 aromatic heterocycles. The van der Waals surface area contributed by atoms with Crippen molar-refractivity contribution in [2.45, 2.75) is 11.8 Å². The Hall–Kier alpha value is -0.470. The van der Waals surface area contributed by atoms with Gasteiger partial charge in [-0.3, -0.25) is 4.79 Å². The van der Waals surface area contributed by atoms with E-state index in [4.69, 9.17) is 11.6 Å². The van der Waals surface area contributed by atoms with E-state index in [-0.39, 0.29) is 0 Å². The second-order valence-electron chi connectivity index (χ2n) is 2.21. The van der Waals surface area contributed by atoms with Crippen LogP contribution in [0.3, 0.4) is 0 Å². The molecule has 0 amide bonds. The zero-order valence-electron chi connectivity index (χ0n) is 6.71. The summed E-state index contributed by atoms with van der Waals surface area (Å²) in [5, 5.41) is 0.659. The first-order chi connectivity index (χ1) is 5.79. The minimum absolute atomic E-state index is 0.659. The number of hydrogen-bond donors (Lipinski definition) is 0. The van der Waals surface area contributed by atoms with Gasteiger partial charge in [0.25, 0.3) is 0 Å². The maximum absolute atomic E-state index is 10.6. The Morgan fingerprint density at radius 2 is 2.33 bits per heavy atom. The third-order valence-electron chi connectivity index (χ3n) is 1.41. The van der Waals surface area contributed by atoms with Gasteiger partial charge in [0.05, 0.1) is 5.02 Å². The Bertz CT molecular complexity index is 286. The van der Waals surface area contributed by atoms with Crippen LogP contribution in [0.2, 0.25) is 5.02 Å². The lowest BCUT2D eigenvalue weighted by Gasteiger charge is -2.03. The Kier molecular flexibility index (Phi) is 3.63. The zero-order chi connectivity index (χ0) is 8.97. The van der Waals surface area contributed by atoms with E-state index in [0.717, 1.165) is 16.9 Å². The SMILES string of the molecule is CCSc1c(Cl)cccc1C=O. The average molecular weight is 201 g/mol. The highest BCUT2D eigenvalue weighted by atomic mass is 35.5. The molecule has 0 bridgehead atoms. The summed E-state index contributed by atoms with van der Waals surface area (Å²) in [5.74, 6) is 0.921. The molecule has 0 heterocycles. The van der Waals surface area contributed by atoms with E-state index in [2.05, 4.69) is 0 Å². The third kappa shape index (κ3) is 2.02. The largest absolute Gasteiger partial charge is 0.298 e. The van der Waals surface area contributed by atoms with Crippen LogP contribution in [-0.2, 0) is 0 Å². The van der Waals surface area contributed by atoms with Crippen LogP contribution in [-0.4, -0.2) is 12.0 Å². The summed E-state index contributed by atoms with van der Waals surface area (Å²) in [7, 11) is 0. The lowest BCUT2D eigenvalue weighted by atomic mass is 10.2. The molecule has 64 valence electrons. The number of halogens is 1. The minimum Gasteiger partial charge on any atom is -0.298 e. The fourth-order valence-corrected chi connectivity index (χ4v) is 2.04. The van der Waals surface area contributed by atoms with E-state index in [0.29, 0.717) is 10.6 Å². The van der Waals surface area contributed by atoms with Crippen LogP contribution in [0.15, 0.2) is 23.1 Å². The van der Waals surface area contributed by atoms with E-state index in [1.165, 1.54) is 0 Å². The molecule has 0 unspecified atom stereocenters. The third-order valence-corrected chi connectivity index (χ3v) is 2.87. The highest BCUT2D eigenvalue weighted by Crippen LogP contribution is 2.29. The molecule has 12 heavy (non-hydrogen) atoms. The van der Waals surface area contributed by atoms with Crippen LogP contribution < -0.4 is 0 Å². The second kappa shape index (κ2) is 4.53. The molecule has 1 aromatic rings. The van der Waals surface area contributed by atoms with Gasteiger partial charge in [-0.1, -0.05) is 30.7 Å². The maximum atomic E-state index is 10.6. The van der Waals surface area contributed by atoms with Crippen LogP contribution in [0.1, 0.15) is 17.3 Å². The summed E-state index contributed by atoms with van der Waals surface area (Å²) < 4.78 is 0. The number of benzene rings is 1. The summed E-state index contributed by atoms with van der Waals surface area (Å²) in [6.07, 6.45) is 0.837. The maximum Gasteiger partial charge on any atom is 0.151 e. The van der Waals surface area contributed by atoms with Gasteiger partial charge < -0.3 is 0 Å². The Morgan fingerprint density at radius 3 is 2.92 bits per heavy atom. The van der Waals surface area contributed by atoms with Crippen molar-refractivity contribution in [1.82, 2.24) is 0 Å². The lowest BCUT2D eigenvalue weighted by molar-refractivity contribution is 0.112. The van der Waals surface area contributed by atoms with Crippen molar-refractivity contribution in [1.29, 1.82) is 0 Å². The molecule has 0 aliphatic carbocycles. The number of hydrogen-bond acceptors (Lipinski definition) is 2. The molecule has 0 aliphatic heterocycles. The van der Waals surface area contributed by atoms with Crippen LogP contribution >= 0.6 is 23.4 Å². The van der Waals surface area contributed by atoms with E-state index < -0.39 is 0 Å². The van der Waals surface area contributed by atoms with Gasteiger partial charge >= 0.3 is 0 Å². The van der Waals surface area contributed by atoms with Gasteiger partial charge in [-0.2, -0.15) is 0 Å². The van der Waals surface area contributed by atoms with Gasteiger partial charge in [-0.15, -0.1) is 11.8 Å². The van der Waals surface area contributed by atoms with Crippen molar-refractivity contribution in [3.8, 4) is 0 Å². The second-order valence-corrected chi connectivity index (χ2v) is 3.89. The number of thioether (sulfide) groups is 1. The molecule has 0 saturated carbocycles. The van der Waals surface area contributed by atoms with Crippen LogP contribution in [0, 0.1) is 0 Å². The first kappa shape index (κ1) is 9.62. The van der Waals surface area contributed by atoms with Gasteiger partial charge in [0, 0.05) is 10.5 Å². The fourth-order valence-electron chi connectivity index (χ4n) is 0.915.